The molecular weight excluding hydrogens is 546 g/mol. The van der Waals surface area contributed by atoms with Gasteiger partial charge in [-0.2, -0.15) is 0 Å². The van der Waals surface area contributed by atoms with Crippen LogP contribution < -0.4 is 10.6 Å². The molecule has 0 unspecified atom stereocenters. The summed E-state index contributed by atoms with van der Waals surface area (Å²) in [5.74, 6) is -3.51. The van der Waals surface area contributed by atoms with Gasteiger partial charge in [0.25, 0.3) is 5.91 Å². The minimum atomic E-state index is -1.14. The van der Waals surface area contributed by atoms with Crippen molar-refractivity contribution in [1.29, 1.82) is 0 Å². The number of carbonyl (C=O) groups excluding carboxylic acids is 6. The summed E-state index contributed by atoms with van der Waals surface area (Å²) in [5.41, 5.74) is 0. The predicted octanol–water partition coefficient (Wildman–Crippen LogP) is 0.0588. The lowest BCUT2D eigenvalue weighted by atomic mass is 9.94. The second kappa shape index (κ2) is 14.3. The third-order valence-electron chi connectivity index (χ3n) is 8.63. The van der Waals surface area contributed by atoms with Crippen LogP contribution in [-0.4, -0.2) is 120 Å². The average Bonchev–Trinajstić information content (AvgIpc) is 3.63. The Hall–Kier alpha value is -3.22. The van der Waals surface area contributed by atoms with Crippen LogP contribution in [0.3, 0.4) is 0 Å². The highest BCUT2D eigenvalue weighted by atomic mass is 16.6. The zero-order valence-electron chi connectivity index (χ0n) is 25.9. The fourth-order valence-electron chi connectivity index (χ4n) is 5.55. The van der Waals surface area contributed by atoms with Crippen LogP contribution >= 0.6 is 0 Å². The van der Waals surface area contributed by atoms with Crippen LogP contribution in [-0.2, 0) is 38.2 Å². The van der Waals surface area contributed by atoms with E-state index in [9.17, 15) is 28.8 Å². The predicted molar refractivity (Wildman–Crippen MR) is 152 cm³/mol. The number of cyclic esters (lactones) is 1. The maximum atomic E-state index is 13.9. The SMILES string of the molecule is CC[C@H](C)[C@@H]1NC(=O)[C@@H]2CCCN2C(=O)[C@H](C[C@@H]2CO2)OC(=O)CCNC(=O)[C@H](C)N(C)C(=O)[C@H](C(C)C)N(C)C1=O. The number of nitrogens with one attached hydrogen (secondary N) is 2. The fraction of sp³-hybridized carbons (Fsp3) is 0.793. The molecule has 0 bridgehead atoms. The second-order valence-corrected chi connectivity index (χ2v) is 12.0. The molecule has 3 aliphatic rings. The molecular formula is C29H47N5O8. The van der Waals surface area contributed by atoms with E-state index in [4.69, 9.17) is 9.47 Å². The van der Waals surface area contributed by atoms with Crippen molar-refractivity contribution in [1.82, 2.24) is 25.3 Å². The lowest BCUT2D eigenvalue weighted by Gasteiger charge is -2.38. The Labute approximate surface area is 248 Å². The number of amides is 5. The number of likely N-dealkylation sites (N-methyl/N-ethyl adjacent to an activating group) is 2. The summed E-state index contributed by atoms with van der Waals surface area (Å²) in [7, 11) is 3.03. The van der Waals surface area contributed by atoms with Gasteiger partial charge in [-0.3, -0.25) is 28.8 Å². The first-order valence-corrected chi connectivity index (χ1v) is 15.0. The summed E-state index contributed by atoms with van der Waals surface area (Å²) in [6.45, 7) is 9.65. The summed E-state index contributed by atoms with van der Waals surface area (Å²) < 4.78 is 10.8. The lowest BCUT2D eigenvalue weighted by Crippen LogP contribution is -2.60. The van der Waals surface area contributed by atoms with E-state index in [-0.39, 0.29) is 37.3 Å². The van der Waals surface area contributed by atoms with E-state index < -0.39 is 65.8 Å². The quantitative estimate of drug-likeness (QED) is 0.335. The Morgan fingerprint density at radius 2 is 1.62 bits per heavy atom. The molecule has 42 heavy (non-hydrogen) atoms. The maximum Gasteiger partial charge on any atom is 0.308 e. The van der Waals surface area contributed by atoms with Gasteiger partial charge in [-0.15, -0.1) is 0 Å². The molecule has 0 aromatic rings. The van der Waals surface area contributed by atoms with Crippen LogP contribution in [0, 0.1) is 11.8 Å². The number of esters is 1. The molecule has 0 radical (unpaired) electrons. The van der Waals surface area contributed by atoms with Crippen molar-refractivity contribution in [2.75, 3.05) is 33.8 Å². The van der Waals surface area contributed by atoms with Crippen LogP contribution in [0.25, 0.3) is 0 Å². The number of ether oxygens (including phenoxy) is 2. The van der Waals surface area contributed by atoms with Gasteiger partial charge in [0, 0.05) is 33.6 Å². The number of nitrogens with zero attached hydrogens (tertiary/aromatic N) is 3. The molecule has 0 saturated carbocycles. The lowest BCUT2D eigenvalue weighted by molar-refractivity contribution is -0.162. The first kappa shape index (κ1) is 33.3. The number of epoxide rings is 1. The summed E-state index contributed by atoms with van der Waals surface area (Å²) in [6.07, 6.45) is 0.190. The van der Waals surface area contributed by atoms with Gasteiger partial charge in [0.2, 0.25) is 23.6 Å². The van der Waals surface area contributed by atoms with Gasteiger partial charge in [-0.1, -0.05) is 34.1 Å². The van der Waals surface area contributed by atoms with Crippen molar-refractivity contribution in [3.05, 3.63) is 0 Å². The van der Waals surface area contributed by atoms with Gasteiger partial charge in [0.15, 0.2) is 6.10 Å². The normalized spacial score (nSPS) is 31.6. The Bertz CT molecular complexity index is 1050. The molecule has 13 heteroatoms. The minimum absolute atomic E-state index is 0.0534. The van der Waals surface area contributed by atoms with E-state index in [0.717, 1.165) is 0 Å². The van der Waals surface area contributed by atoms with Crippen molar-refractivity contribution in [3.8, 4) is 0 Å². The van der Waals surface area contributed by atoms with Crippen LogP contribution in [0.5, 0.6) is 0 Å². The fourth-order valence-corrected chi connectivity index (χ4v) is 5.55. The third-order valence-corrected chi connectivity index (χ3v) is 8.63. The largest absolute Gasteiger partial charge is 0.452 e. The number of rotatable bonds is 5. The number of fused-ring (bicyclic) bond motifs is 1. The topological polar surface area (TPSA) is 158 Å². The molecule has 3 rings (SSSR count). The van der Waals surface area contributed by atoms with Crippen molar-refractivity contribution in [2.45, 2.75) is 103 Å². The average molecular weight is 594 g/mol. The van der Waals surface area contributed by atoms with E-state index >= 15 is 0 Å². The molecule has 7 atom stereocenters. The van der Waals surface area contributed by atoms with Gasteiger partial charge in [0.05, 0.1) is 19.1 Å². The molecule has 236 valence electrons. The zero-order chi connectivity index (χ0) is 31.3. The number of hydrogen-bond acceptors (Lipinski definition) is 8. The van der Waals surface area contributed by atoms with Gasteiger partial charge < -0.3 is 34.8 Å². The molecule has 3 saturated heterocycles. The molecule has 2 N–H and O–H groups in total. The van der Waals surface area contributed by atoms with E-state index in [1.165, 1.54) is 28.8 Å². The van der Waals surface area contributed by atoms with Crippen LogP contribution in [0.4, 0.5) is 0 Å². The Morgan fingerprint density at radius 1 is 0.952 bits per heavy atom. The van der Waals surface area contributed by atoms with Gasteiger partial charge in [-0.05, 0) is 31.6 Å². The zero-order valence-corrected chi connectivity index (χ0v) is 25.9. The standard InChI is InChI=1S/C29H47N5O8/c1-8-17(4)23-28(39)33(7)24(16(2)3)29(40)32(6)18(5)25(36)30-12-11-22(35)42-21(14-19-15-41-19)27(38)34-13-9-10-20(34)26(37)31-23/h16-21,23-24H,8-15H2,1-7H3,(H,30,36)(H,31,37)/t17-,18-,19+,20-,21-,23-,24-/m0/s1. The number of hydrogen-bond donors (Lipinski definition) is 2. The van der Waals surface area contributed by atoms with Crippen LogP contribution in [0.1, 0.15) is 66.7 Å². The van der Waals surface area contributed by atoms with Crippen molar-refractivity contribution in [2.24, 2.45) is 11.8 Å². The Balaban J connectivity index is 1.98. The molecule has 0 aliphatic carbocycles. The third kappa shape index (κ3) is 7.78. The smallest absolute Gasteiger partial charge is 0.308 e. The highest BCUT2D eigenvalue weighted by Crippen LogP contribution is 2.25. The Kier molecular flexibility index (Phi) is 11.3. The highest BCUT2D eigenvalue weighted by molar-refractivity contribution is 5.96. The van der Waals surface area contributed by atoms with Crippen molar-refractivity contribution in [3.63, 3.8) is 0 Å². The molecule has 0 spiro atoms. The molecule has 3 fully saturated rings. The van der Waals surface area contributed by atoms with Crippen molar-refractivity contribution < 1.29 is 38.2 Å². The van der Waals surface area contributed by atoms with Crippen molar-refractivity contribution >= 4 is 35.5 Å². The maximum absolute atomic E-state index is 13.9. The number of carbonyl (C=O) groups is 6. The molecule has 5 amide bonds. The van der Waals surface area contributed by atoms with E-state index in [2.05, 4.69) is 10.6 Å². The summed E-state index contributed by atoms with van der Waals surface area (Å²) >= 11 is 0. The minimum Gasteiger partial charge on any atom is -0.452 e. The first-order valence-electron chi connectivity index (χ1n) is 15.0. The summed E-state index contributed by atoms with van der Waals surface area (Å²) in [4.78, 5) is 84.5. The highest BCUT2D eigenvalue weighted by Gasteiger charge is 2.44. The summed E-state index contributed by atoms with van der Waals surface area (Å²) in [6, 6.07) is -3.56. The van der Waals surface area contributed by atoms with Crippen LogP contribution in [0.15, 0.2) is 0 Å². The summed E-state index contributed by atoms with van der Waals surface area (Å²) in [5, 5.41) is 5.54. The monoisotopic (exact) mass is 593 g/mol. The van der Waals surface area contributed by atoms with Gasteiger partial charge in [0.1, 0.15) is 24.2 Å². The molecule has 13 nitrogen and oxygen atoms in total. The molecule has 0 aromatic carbocycles. The molecule has 0 aromatic heterocycles. The van der Waals surface area contributed by atoms with Gasteiger partial charge >= 0.3 is 5.97 Å². The second-order valence-electron chi connectivity index (χ2n) is 12.0. The molecule has 3 aliphatic heterocycles. The molecule has 3 heterocycles. The Morgan fingerprint density at radius 3 is 2.21 bits per heavy atom. The first-order chi connectivity index (χ1) is 19.8. The van der Waals surface area contributed by atoms with E-state index in [1.54, 1.807) is 6.92 Å². The van der Waals surface area contributed by atoms with Gasteiger partial charge in [-0.25, -0.2) is 0 Å². The van der Waals surface area contributed by atoms with Crippen LogP contribution in [0.2, 0.25) is 0 Å². The van der Waals surface area contributed by atoms with E-state index in [1.807, 2.05) is 27.7 Å². The van der Waals surface area contributed by atoms with E-state index in [0.29, 0.717) is 32.4 Å².